The maximum absolute atomic E-state index is 12.2. The van der Waals surface area contributed by atoms with Gasteiger partial charge in [0.1, 0.15) is 0 Å². The molecule has 2 N–H and O–H groups in total. The SMILES string of the molecule is Cn1ccc(CC(=O)c2ccccc2CCN)n1. The number of ketones is 1. The molecular weight excluding hydrogens is 226 g/mol. The van der Waals surface area contributed by atoms with Crippen LogP contribution in [0.3, 0.4) is 0 Å². The summed E-state index contributed by atoms with van der Waals surface area (Å²) in [5.41, 5.74) is 8.13. The van der Waals surface area contributed by atoms with E-state index in [4.69, 9.17) is 5.73 Å². The van der Waals surface area contributed by atoms with Gasteiger partial charge in [0.15, 0.2) is 5.78 Å². The number of benzene rings is 1. The number of nitrogens with zero attached hydrogens (tertiary/aromatic N) is 2. The molecule has 0 bridgehead atoms. The van der Waals surface area contributed by atoms with E-state index in [1.165, 1.54) is 0 Å². The van der Waals surface area contributed by atoms with Gasteiger partial charge < -0.3 is 5.73 Å². The first-order valence-corrected chi connectivity index (χ1v) is 6.00. The molecule has 0 atom stereocenters. The number of hydrogen-bond donors (Lipinski definition) is 1. The molecule has 1 aromatic carbocycles. The molecule has 0 saturated carbocycles. The maximum atomic E-state index is 12.2. The summed E-state index contributed by atoms with van der Waals surface area (Å²) >= 11 is 0. The summed E-state index contributed by atoms with van der Waals surface area (Å²) in [7, 11) is 1.84. The van der Waals surface area contributed by atoms with Crippen LogP contribution in [-0.4, -0.2) is 22.1 Å². The Morgan fingerprint density at radius 2 is 2.11 bits per heavy atom. The second-order valence-electron chi connectivity index (χ2n) is 4.28. The molecule has 0 fully saturated rings. The van der Waals surface area contributed by atoms with E-state index >= 15 is 0 Å². The third-order valence-corrected chi connectivity index (χ3v) is 2.84. The standard InChI is InChI=1S/C14H17N3O/c1-17-9-7-12(16-17)10-14(18)13-5-3-2-4-11(13)6-8-15/h2-5,7,9H,6,8,10,15H2,1H3. The van der Waals surface area contributed by atoms with Gasteiger partial charge in [-0.3, -0.25) is 9.48 Å². The second kappa shape index (κ2) is 5.60. The number of nitrogens with two attached hydrogens (primary N) is 1. The van der Waals surface area contributed by atoms with Gasteiger partial charge in [0.05, 0.1) is 12.1 Å². The third kappa shape index (κ3) is 2.84. The Balaban J connectivity index is 2.18. The molecule has 2 rings (SSSR count). The lowest BCUT2D eigenvalue weighted by Gasteiger charge is -2.06. The van der Waals surface area contributed by atoms with Gasteiger partial charge in [-0.2, -0.15) is 5.10 Å². The lowest BCUT2D eigenvalue weighted by Crippen LogP contribution is -2.11. The number of carbonyl (C=O) groups excluding carboxylic acids is 1. The van der Waals surface area contributed by atoms with Crippen molar-refractivity contribution in [2.45, 2.75) is 12.8 Å². The summed E-state index contributed by atoms with van der Waals surface area (Å²) in [6.07, 6.45) is 2.90. The highest BCUT2D eigenvalue weighted by molar-refractivity contribution is 5.98. The Kier molecular flexibility index (Phi) is 3.89. The van der Waals surface area contributed by atoms with Crippen molar-refractivity contribution >= 4 is 5.78 Å². The van der Waals surface area contributed by atoms with E-state index in [1.807, 2.05) is 43.6 Å². The van der Waals surface area contributed by atoms with Gasteiger partial charge in [0.2, 0.25) is 0 Å². The predicted octanol–water partition coefficient (Wildman–Crippen LogP) is 1.35. The summed E-state index contributed by atoms with van der Waals surface area (Å²) in [4.78, 5) is 12.2. The van der Waals surface area contributed by atoms with E-state index in [-0.39, 0.29) is 5.78 Å². The fourth-order valence-electron chi connectivity index (χ4n) is 1.98. The van der Waals surface area contributed by atoms with Crippen LogP contribution in [0.25, 0.3) is 0 Å². The topological polar surface area (TPSA) is 60.9 Å². The van der Waals surface area contributed by atoms with Crippen LogP contribution in [0.15, 0.2) is 36.5 Å². The zero-order valence-corrected chi connectivity index (χ0v) is 10.5. The van der Waals surface area contributed by atoms with Crippen molar-refractivity contribution in [3.8, 4) is 0 Å². The Morgan fingerprint density at radius 1 is 1.33 bits per heavy atom. The average molecular weight is 243 g/mol. The first-order valence-electron chi connectivity index (χ1n) is 6.00. The Bertz CT molecular complexity index is 545. The Morgan fingerprint density at radius 3 is 2.78 bits per heavy atom. The molecule has 0 amide bonds. The quantitative estimate of drug-likeness (QED) is 0.806. The van der Waals surface area contributed by atoms with Crippen molar-refractivity contribution < 1.29 is 4.79 Å². The lowest BCUT2D eigenvalue weighted by molar-refractivity contribution is 0.0991. The van der Waals surface area contributed by atoms with Crippen LogP contribution in [0.4, 0.5) is 0 Å². The summed E-state index contributed by atoms with van der Waals surface area (Å²) in [5, 5.41) is 4.22. The normalized spacial score (nSPS) is 10.6. The first kappa shape index (κ1) is 12.5. The molecule has 4 nitrogen and oxygen atoms in total. The molecule has 0 unspecified atom stereocenters. The number of carbonyl (C=O) groups is 1. The molecule has 0 saturated heterocycles. The van der Waals surface area contributed by atoms with Crippen LogP contribution >= 0.6 is 0 Å². The van der Waals surface area contributed by atoms with Gasteiger partial charge in [-0.15, -0.1) is 0 Å². The minimum Gasteiger partial charge on any atom is -0.330 e. The Labute approximate surface area is 106 Å². The fourth-order valence-corrected chi connectivity index (χ4v) is 1.98. The molecule has 2 aromatic rings. The van der Waals surface area contributed by atoms with Crippen LogP contribution < -0.4 is 5.73 Å². The van der Waals surface area contributed by atoms with Crippen molar-refractivity contribution in [3.63, 3.8) is 0 Å². The van der Waals surface area contributed by atoms with Gasteiger partial charge >= 0.3 is 0 Å². The second-order valence-corrected chi connectivity index (χ2v) is 4.28. The van der Waals surface area contributed by atoms with Crippen LogP contribution in [-0.2, 0) is 19.9 Å². The number of aromatic nitrogens is 2. The van der Waals surface area contributed by atoms with Crippen LogP contribution in [0.5, 0.6) is 0 Å². The third-order valence-electron chi connectivity index (χ3n) is 2.84. The molecule has 1 heterocycles. The largest absolute Gasteiger partial charge is 0.330 e. The van der Waals surface area contributed by atoms with Gasteiger partial charge in [-0.25, -0.2) is 0 Å². The summed E-state index contributed by atoms with van der Waals surface area (Å²) in [5.74, 6) is 0.0951. The highest BCUT2D eigenvalue weighted by Gasteiger charge is 2.12. The van der Waals surface area contributed by atoms with E-state index in [2.05, 4.69) is 5.10 Å². The number of hydrogen-bond acceptors (Lipinski definition) is 3. The van der Waals surface area contributed by atoms with E-state index in [1.54, 1.807) is 4.68 Å². The summed E-state index contributed by atoms with van der Waals surface area (Å²) in [6, 6.07) is 9.49. The highest BCUT2D eigenvalue weighted by Crippen LogP contribution is 2.12. The van der Waals surface area contributed by atoms with Crippen molar-refractivity contribution in [3.05, 3.63) is 53.3 Å². The summed E-state index contributed by atoms with van der Waals surface area (Å²) < 4.78 is 1.70. The van der Waals surface area contributed by atoms with E-state index in [0.29, 0.717) is 13.0 Å². The molecule has 18 heavy (non-hydrogen) atoms. The van der Waals surface area contributed by atoms with Crippen molar-refractivity contribution in [2.75, 3.05) is 6.54 Å². The molecule has 0 aliphatic rings. The molecule has 4 heteroatoms. The van der Waals surface area contributed by atoms with Gasteiger partial charge in [-0.05, 0) is 24.6 Å². The molecular formula is C14H17N3O. The first-order chi connectivity index (χ1) is 8.70. The molecule has 0 radical (unpaired) electrons. The van der Waals surface area contributed by atoms with Gasteiger partial charge in [-0.1, -0.05) is 24.3 Å². The van der Waals surface area contributed by atoms with Crippen LogP contribution in [0.2, 0.25) is 0 Å². The lowest BCUT2D eigenvalue weighted by atomic mass is 9.98. The zero-order valence-electron chi connectivity index (χ0n) is 10.5. The van der Waals surface area contributed by atoms with Crippen molar-refractivity contribution in [2.24, 2.45) is 12.8 Å². The number of aryl methyl sites for hydroxylation is 1. The van der Waals surface area contributed by atoms with Crippen LogP contribution in [0, 0.1) is 0 Å². The number of Topliss-reactive ketones (excluding diaryl/α,β-unsaturated/α-hetero) is 1. The average Bonchev–Trinajstić information content (AvgIpc) is 2.76. The molecule has 0 spiro atoms. The molecule has 94 valence electrons. The minimum absolute atomic E-state index is 0.0951. The Hall–Kier alpha value is -1.94. The summed E-state index contributed by atoms with van der Waals surface area (Å²) in [6.45, 7) is 0.549. The van der Waals surface area contributed by atoms with Gasteiger partial charge in [0.25, 0.3) is 0 Å². The fraction of sp³-hybridized carbons (Fsp3) is 0.286. The van der Waals surface area contributed by atoms with E-state index in [9.17, 15) is 4.79 Å². The molecule has 0 aliphatic heterocycles. The zero-order chi connectivity index (χ0) is 13.0. The number of rotatable bonds is 5. The van der Waals surface area contributed by atoms with Gasteiger partial charge in [0, 0.05) is 18.8 Å². The maximum Gasteiger partial charge on any atom is 0.169 e. The van der Waals surface area contributed by atoms with E-state index in [0.717, 1.165) is 23.2 Å². The highest BCUT2D eigenvalue weighted by atomic mass is 16.1. The van der Waals surface area contributed by atoms with E-state index < -0.39 is 0 Å². The smallest absolute Gasteiger partial charge is 0.169 e. The molecule has 0 aliphatic carbocycles. The molecule has 1 aromatic heterocycles. The monoisotopic (exact) mass is 243 g/mol. The van der Waals surface area contributed by atoms with Crippen molar-refractivity contribution in [1.82, 2.24) is 9.78 Å². The predicted molar refractivity (Wildman–Crippen MR) is 70.4 cm³/mol. The van der Waals surface area contributed by atoms with Crippen molar-refractivity contribution in [1.29, 1.82) is 0 Å². The van der Waals surface area contributed by atoms with Crippen LogP contribution in [0.1, 0.15) is 21.6 Å². The minimum atomic E-state index is 0.0951.